The van der Waals surface area contributed by atoms with Gasteiger partial charge in [-0.05, 0) is 34.7 Å². The zero-order valence-corrected chi connectivity index (χ0v) is 10.8. The monoisotopic (exact) mass is 313 g/mol. The Labute approximate surface area is 102 Å². The maximum atomic E-state index is 4.44. The average molecular weight is 313 g/mol. The lowest BCUT2D eigenvalue weighted by Gasteiger charge is -1.96. The van der Waals surface area contributed by atoms with Crippen molar-refractivity contribution in [2.75, 3.05) is 0 Å². The summed E-state index contributed by atoms with van der Waals surface area (Å²) in [6, 6.07) is 8.19. The Kier molecular flexibility index (Phi) is 3.04. The number of hydrogen-bond donors (Lipinski definition) is 1. The van der Waals surface area contributed by atoms with Crippen molar-refractivity contribution in [1.29, 1.82) is 0 Å². The highest BCUT2D eigenvalue weighted by atomic mass is 127. The van der Waals surface area contributed by atoms with Gasteiger partial charge in [0.1, 0.15) is 5.82 Å². The molecule has 0 fully saturated rings. The van der Waals surface area contributed by atoms with Gasteiger partial charge in [0.25, 0.3) is 0 Å². The van der Waals surface area contributed by atoms with Crippen LogP contribution in [-0.2, 0) is 0 Å². The minimum Gasteiger partial charge on any atom is -0.262 e. The third-order valence-electron chi connectivity index (χ3n) is 2.15. The summed E-state index contributed by atoms with van der Waals surface area (Å²) in [4.78, 5) is 4.44. The second kappa shape index (κ2) is 4.30. The molecule has 0 amide bonds. The highest BCUT2D eigenvalue weighted by Crippen LogP contribution is 2.18. The minimum absolute atomic E-state index is 0.384. The van der Waals surface area contributed by atoms with Gasteiger partial charge < -0.3 is 0 Å². The van der Waals surface area contributed by atoms with Crippen molar-refractivity contribution in [3.8, 4) is 11.4 Å². The zero-order chi connectivity index (χ0) is 10.8. The fraction of sp³-hybridized carbons (Fsp3) is 0.273. The van der Waals surface area contributed by atoms with Crippen molar-refractivity contribution in [3.05, 3.63) is 33.7 Å². The molecule has 0 atom stereocenters. The number of rotatable bonds is 2. The molecule has 1 aromatic heterocycles. The number of aromatic nitrogens is 3. The van der Waals surface area contributed by atoms with E-state index >= 15 is 0 Å². The molecule has 0 unspecified atom stereocenters. The number of aromatic amines is 1. The van der Waals surface area contributed by atoms with Crippen LogP contribution in [0, 0.1) is 3.57 Å². The number of benzene rings is 1. The molecular formula is C11H12IN3. The van der Waals surface area contributed by atoms with Crippen LogP contribution < -0.4 is 0 Å². The Morgan fingerprint density at radius 1 is 1.20 bits per heavy atom. The third-order valence-corrected chi connectivity index (χ3v) is 2.87. The van der Waals surface area contributed by atoms with Crippen LogP contribution in [0.1, 0.15) is 25.6 Å². The van der Waals surface area contributed by atoms with Crippen molar-refractivity contribution in [3.63, 3.8) is 0 Å². The first-order valence-corrected chi connectivity index (χ1v) is 5.93. The molecule has 0 aliphatic carbocycles. The maximum Gasteiger partial charge on any atom is 0.181 e. The number of hydrogen-bond acceptors (Lipinski definition) is 2. The maximum absolute atomic E-state index is 4.44. The summed E-state index contributed by atoms with van der Waals surface area (Å²) in [6.45, 7) is 4.19. The number of nitrogens with one attached hydrogen (secondary N) is 1. The molecule has 0 aliphatic heterocycles. The third kappa shape index (κ3) is 2.37. The predicted molar refractivity (Wildman–Crippen MR) is 68.6 cm³/mol. The van der Waals surface area contributed by atoms with Crippen LogP contribution in [0.15, 0.2) is 24.3 Å². The first kappa shape index (κ1) is 10.6. The smallest absolute Gasteiger partial charge is 0.181 e. The van der Waals surface area contributed by atoms with Gasteiger partial charge in [0.2, 0.25) is 0 Å². The second-order valence-corrected chi connectivity index (χ2v) is 4.95. The molecule has 2 aromatic rings. The van der Waals surface area contributed by atoms with E-state index in [1.807, 2.05) is 12.1 Å². The van der Waals surface area contributed by atoms with Gasteiger partial charge in [-0.25, -0.2) is 4.98 Å². The molecule has 0 radical (unpaired) electrons. The average Bonchev–Trinajstić information content (AvgIpc) is 2.68. The first-order chi connectivity index (χ1) is 7.16. The molecule has 0 saturated carbocycles. The fourth-order valence-electron chi connectivity index (χ4n) is 1.26. The van der Waals surface area contributed by atoms with E-state index in [1.54, 1.807) is 0 Å². The van der Waals surface area contributed by atoms with E-state index < -0.39 is 0 Å². The SMILES string of the molecule is CC(C)c1nc(-c2ccc(I)cc2)n[nH]1. The Hall–Kier alpha value is -0.910. The molecule has 1 aromatic carbocycles. The molecule has 0 saturated heterocycles. The lowest BCUT2D eigenvalue weighted by atomic mass is 10.2. The molecule has 1 N–H and O–H groups in total. The van der Waals surface area contributed by atoms with Gasteiger partial charge in [0.15, 0.2) is 5.82 Å². The van der Waals surface area contributed by atoms with E-state index in [4.69, 9.17) is 0 Å². The van der Waals surface area contributed by atoms with Crippen molar-refractivity contribution in [2.24, 2.45) is 0 Å². The van der Waals surface area contributed by atoms with Crippen LogP contribution in [0.25, 0.3) is 11.4 Å². The number of halogens is 1. The summed E-state index contributed by atoms with van der Waals surface area (Å²) in [5.74, 6) is 2.09. The van der Waals surface area contributed by atoms with Crippen molar-refractivity contribution < 1.29 is 0 Å². The van der Waals surface area contributed by atoms with Crippen LogP contribution in [0.5, 0.6) is 0 Å². The molecule has 78 valence electrons. The van der Waals surface area contributed by atoms with E-state index in [-0.39, 0.29) is 0 Å². The summed E-state index contributed by atoms with van der Waals surface area (Å²) in [5, 5.41) is 7.15. The van der Waals surface area contributed by atoms with E-state index in [9.17, 15) is 0 Å². The van der Waals surface area contributed by atoms with Gasteiger partial charge in [0, 0.05) is 15.1 Å². The van der Waals surface area contributed by atoms with Gasteiger partial charge in [-0.3, -0.25) is 5.10 Å². The van der Waals surface area contributed by atoms with E-state index in [2.05, 4.69) is 63.8 Å². The van der Waals surface area contributed by atoms with Crippen LogP contribution in [0.2, 0.25) is 0 Å². The van der Waals surface area contributed by atoms with Gasteiger partial charge in [-0.1, -0.05) is 26.0 Å². The number of H-pyrrole nitrogens is 1. The van der Waals surface area contributed by atoms with Crippen molar-refractivity contribution in [1.82, 2.24) is 15.2 Å². The standard InChI is InChI=1S/C11H12IN3/c1-7(2)10-13-11(15-14-10)8-3-5-9(12)6-4-8/h3-7H,1-2H3,(H,13,14,15). The zero-order valence-electron chi connectivity index (χ0n) is 8.66. The summed E-state index contributed by atoms with van der Waals surface area (Å²) >= 11 is 2.28. The van der Waals surface area contributed by atoms with E-state index in [0.717, 1.165) is 17.2 Å². The molecule has 0 bridgehead atoms. The fourth-order valence-corrected chi connectivity index (χ4v) is 1.62. The van der Waals surface area contributed by atoms with Crippen LogP contribution in [0.3, 0.4) is 0 Å². The molecule has 1 heterocycles. The first-order valence-electron chi connectivity index (χ1n) is 4.85. The van der Waals surface area contributed by atoms with Crippen LogP contribution in [-0.4, -0.2) is 15.2 Å². The van der Waals surface area contributed by atoms with Gasteiger partial charge in [0.05, 0.1) is 0 Å². The second-order valence-electron chi connectivity index (χ2n) is 3.71. The topological polar surface area (TPSA) is 41.6 Å². The molecule has 3 nitrogen and oxygen atoms in total. The summed E-state index contributed by atoms with van der Waals surface area (Å²) < 4.78 is 1.22. The Morgan fingerprint density at radius 2 is 1.87 bits per heavy atom. The summed E-state index contributed by atoms with van der Waals surface area (Å²) in [6.07, 6.45) is 0. The normalized spacial score (nSPS) is 10.9. The highest BCUT2D eigenvalue weighted by Gasteiger charge is 2.07. The van der Waals surface area contributed by atoms with E-state index in [0.29, 0.717) is 5.92 Å². The molecule has 0 spiro atoms. The Bertz CT molecular complexity index is 445. The highest BCUT2D eigenvalue weighted by molar-refractivity contribution is 14.1. The van der Waals surface area contributed by atoms with Gasteiger partial charge >= 0.3 is 0 Å². The van der Waals surface area contributed by atoms with Crippen LogP contribution >= 0.6 is 22.6 Å². The minimum atomic E-state index is 0.384. The molecular weight excluding hydrogens is 301 g/mol. The molecule has 15 heavy (non-hydrogen) atoms. The largest absolute Gasteiger partial charge is 0.262 e. The summed E-state index contributed by atoms with van der Waals surface area (Å²) in [7, 11) is 0. The van der Waals surface area contributed by atoms with Crippen molar-refractivity contribution in [2.45, 2.75) is 19.8 Å². The lowest BCUT2D eigenvalue weighted by Crippen LogP contribution is -1.89. The van der Waals surface area contributed by atoms with E-state index in [1.165, 1.54) is 3.57 Å². The Morgan fingerprint density at radius 3 is 2.40 bits per heavy atom. The number of nitrogens with zero attached hydrogens (tertiary/aromatic N) is 2. The van der Waals surface area contributed by atoms with Gasteiger partial charge in [-0.2, -0.15) is 5.10 Å². The summed E-state index contributed by atoms with van der Waals surface area (Å²) in [5.41, 5.74) is 1.05. The molecule has 0 aliphatic rings. The molecule has 4 heteroatoms. The lowest BCUT2D eigenvalue weighted by molar-refractivity contribution is 0.781. The van der Waals surface area contributed by atoms with Crippen LogP contribution in [0.4, 0.5) is 0 Å². The predicted octanol–water partition coefficient (Wildman–Crippen LogP) is 3.20. The molecule has 2 rings (SSSR count). The van der Waals surface area contributed by atoms with Crippen molar-refractivity contribution >= 4 is 22.6 Å². The Balaban J connectivity index is 2.33. The van der Waals surface area contributed by atoms with Gasteiger partial charge in [-0.15, -0.1) is 0 Å². The quantitative estimate of drug-likeness (QED) is 0.865.